The van der Waals surface area contributed by atoms with Crippen molar-refractivity contribution < 1.29 is 28.4 Å². The Balaban J connectivity index is 0.000000181. The molecule has 0 aromatic carbocycles. The molecule has 3 aliphatic rings. The minimum Gasteiger partial charge on any atom is -0.382 e. The molecule has 3 atom stereocenters. The molecule has 0 aromatic heterocycles. The van der Waals surface area contributed by atoms with Gasteiger partial charge in [-0.1, -0.05) is 0 Å². The summed E-state index contributed by atoms with van der Waals surface area (Å²) in [5, 5.41) is 0. The molecular weight excluding hydrogens is 312 g/mol. The zero-order chi connectivity index (χ0) is 17.5. The monoisotopic (exact) mass is 348 g/mol. The Hall–Kier alpha value is -0.240. The zero-order valence-electron chi connectivity index (χ0n) is 15.7. The van der Waals surface area contributed by atoms with Gasteiger partial charge in [0.25, 0.3) is 0 Å². The van der Waals surface area contributed by atoms with Crippen LogP contribution in [0.25, 0.3) is 0 Å². The summed E-state index contributed by atoms with van der Waals surface area (Å²) in [6.45, 7) is 5.07. The summed E-state index contributed by atoms with van der Waals surface area (Å²) in [5.74, 6) is 0. The topological polar surface area (TPSA) is 55.4 Å². The number of rotatable bonds is 6. The first-order valence-corrected chi connectivity index (χ1v) is 9.11. The lowest BCUT2D eigenvalue weighted by molar-refractivity contribution is -0.0857. The maximum atomic E-state index is 5.39. The first-order valence-electron chi connectivity index (χ1n) is 9.11. The van der Waals surface area contributed by atoms with E-state index in [1.807, 2.05) is 0 Å². The van der Waals surface area contributed by atoms with E-state index in [2.05, 4.69) is 0 Å². The normalized spacial score (nSPS) is 28.9. The minimum atomic E-state index is 0.378. The molecule has 0 saturated carbocycles. The van der Waals surface area contributed by atoms with E-state index >= 15 is 0 Å². The van der Waals surface area contributed by atoms with Crippen LogP contribution >= 0.6 is 0 Å². The number of methoxy groups -OCH3 is 3. The van der Waals surface area contributed by atoms with E-state index in [0.717, 1.165) is 39.6 Å². The molecule has 3 unspecified atom stereocenters. The van der Waals surface area contributed by atoms with Gasteiger partial charge in [0.1, 0.15) is 0 Å². The fourth-order valence-electron chi connectivity index (χ4n) is 2.69. The molecule has 3 fully saturated rings. The molecule has 3 rings (SSSR count). The van der Waals surface area contributed by atoms with Crippen LogP contribution in [0, 0.1) is 0 Å². The Morgan fingerprint density at radius 1 is 0.583 bits per heavy atom. The van der Waals surface area contributed by atoms with Gasteiger partial charge in [-0.3, -0.25) is 0 Å². The molecule has 0 aromatic rings. The predicted molar refractivity (Wildman–Crippen MR) is 92.6 cm³/mol. The number of ether oxygens (including phenoxy) is 6. The van der Waals surface area contributed by atoms with Gasteiger partial charge in [-0.05, 0) is 38.5 Å². The molecule has 0 radical (unpaired) electrons. The first kappa shape index (κ1) is 21.8. The third kappa shape index (κ3) is 10.6. The van der Waals surface area contributed by atoms with Crippen molar-refractivity contribution in [2.45, 2.75) is 56.8 Å². The van der Waals surface area contributed by atoms with Gasteiger partial charge in [0.2, 0.25) is 0 Å². The maximum absolute atomic E-state index is 5.39. The molecule has 0 N–H and O–H groups in total. The fraction of sp³-hybridized carbons (Fsp3) is 1.00. The predicted octanol–water partition coefficient (Wildman–Crippen LogP) is 2.44. The highest BCUT2D eigenvalue weighted by Gasteiger charge is 2.16. The highest BCUT2D eigenvalue weighted by atomic mass is 16.5. The van der Waals surface area contributed by atoms with Crippen LogP contribution < -0.4 is 0 Å². The van der Waals surface area contributed by atoms with Crippen molar-refractivity contribution in [3.63, 3.8) is 0 Å². The van der Waals surface area contributed by atoms with Crippen molar-refractivity contribution in [2.75, 3.05) is 61.0 Å². The lowest BCUT2D eigenvalue weighted by atomic mass is 10.1. The number of hydrogen-bond acceptors (Lipinski definition) is 6. The summed E-state index contributed by atoms with van der Waals surface area (Å²) < 4.78 is 30.4. The van der Waals surface area contributed by atoms with Crippen molar-refractivity contribution in [1.82, 2.24) is 0 Å². The van der Waals surface area contributed by atoms with E-state index in [4.69, 9.17) is 28.4 Å². The Labute approximate surface area is 147 Å². The van der Waals surface area contributed by atoms with Crippen LogP contribution in [0.15, 0.2) is 0 Å². The smallest absolute Gasteiger partial charge is 0.0830 e. The van der Waals surface area contributed by atoms with Crippen LogP contribution in [-0.4, -0.2) is 79.3 Å². The molecule has 3 heterocycles. The van der Waals surface area contributed by atoms with E-state index in [9.17, 15) is 0 Å². The Kier molecular flexibility index (Phi) is 13.7. The van der Waals surface area contributed by atoms with E-state index in [-0.39, 0.29) is 0 Å². The highest BCUT2D eigenvalue weighted by molar-refractivity contribution is 4.64. The maximum Gasteiger partial charge on any atom is 0.0830 e. The van der Waals surface area contributed by atoms with Crippen LogP contribution in [0.2, 0.25) is 0 Å². The van der Waals surface area contributed by atoms with Gasteiger partial charge in [0.15, 0.2) is 0 Å². The molecule has 0 amide bonds. The molecule has 3 aliphatic heterocycles. The summed E-state index contributed by atoms with van der Waals surface area (Å²) in [5.41, 5.74) is 0. The van der Waals surface area contributed by atoms with Crippen molar-refractivity contribution in [3.8, 4) is 0 Å². The van der Waals surface area contributed by atoms with Gasteiger partial charge in [0.05, 0.1) is 38.1 Å². The molecule has 3 saturated heterocycles. The Morgan fingerprint density at radius 2 is 1.00 bits per heavy atom. The molecule has 6 heteroatoms. The van der Waals surface area contributed by atoms with E-state index in [1.165, 1.54) is 38.5 Å². The lowest BCUT2D eigenvalue weighted by Crippen LogP contribution is -2.30. The van der Waals surface area contributed by atoms with Crippen LogP contribution in [0.1, 0.15) is 38.5 Å². The van der Waals surface area contributed by atoms with Gasteiger partial charge in [-0.25, -0.2) is 0 Å². The third-order valence-corrected chi connectivity index (χ3v) is 4.15. The van der Waals surface area contributed by atoms with Gasteiger partial charge in [-0.2, -0.15) is 0 Å². The number of hydrogen-bond donors (Lipinski definition) is 0. The van der Waals surface area contributed by atoms with Crippen LogP contribution in [-0.2, 0) is 28.4 Å². The molecular formula is C18H36O6. The van der Waals surface area contributed by atoms with Crippen LogP contribution in [0.5, 0.6) is 0 Å². The summed E-state index contributed by atoms with van der Waals surface area (Å²) in [4.78, 5) is 0. The Bertz CT molecular complexity index is 257. The third-order valence-electron chi connectivity index (χ3n) is 4.15. The van der Waals surface area contributed by atoms with Crippen LogP contribution in [0.3, 0.4) is 0 Å². The summed E-state index contributed by atoms with van der Waals surface area (Å²) >= 11 is 0. The van der Waals surface area contributed by atoms with Gasteiger partial charge < -0.3 is 28.4 Å². The molecule has 6 nitrogen and oxygen atoms in total. The van der Waals surface area contributed by atoms with Crippen molar-refractivity contribution in [3.05, 3.63) is 0 Å². The Morgan fingerprint density at radius 3 is 1.29 bits per heavy atom. The van der Waals surface area contributed by atoms with E-state index in [1.54, 1.807) is 21.3 Å². The van der Waals surface area contributed by atoms with E-state index < -0.39 is 0 Å². The summed E-state index contributed by atoms with van der Waals surface area (Å²) in [7, 11) is 5.13. The largest absolute Gasteiger partial charge is 0.382 e. The second kappa shape index (κ2) is 15.0. The molecule has 144 valence electrons. The second-order valence-corrected chi connectivity index (χ2v) is 6.27. The molecule has 24 heavy (non-hydrogen) atoms. The summed E-state index contributed by atoms with van der Waals surface area (Å²) in [6.07, 6.45) is 8.42. The van der Waals surface area contributed by atoms with Gasteiger partial charge in [0, 0.05) is 41.2 Å². The SMILES string of the molecule is COCC1CCCCO1.COCC1CCCO1.COCC1CCO1. The van der Waals surface area contributed by atoms with E-state index in [0.29, 0.717) is 18.3 Å². The molecule has 0 aliphatic carbocycles. The standard InChI is InChI=1S/C7H14O2.C6H12O2.C5H10O2/c1-8-6-7-4-2-3-5-9-7;1-7-5-6-3-2-4-8-6;1-6-4-5-2-3-7-5/h7H,2-6H2,1H3;6H,2-5H2,1H3;5H,2-4H2,1H3. The second-order valence-electron chi connectivity index (χ2n) is 6.27. The molecule has 0 bridgehead atoms. The van der Waals surface area contributed by atoms with Crippen LogP contribution in [0.4, 0.5) is 0 Å². The quantitative estimate of drug-likeness (QED) is 0.735. The molecule has 0 spiro atoms. The van der Waals surface area contributed by atoms with Crippen molar-refractivity contribution >= 4 is 0 Å². The van der Waals surface area contributed by atoms with Crippen molar-refractivity contribution in [1.29, 1.82) is 0 Å². The average Bonchev–Trinajstić information content (AvgIpc) is 3.07. The first-order chi connectivity index (χ1) is 11.8. The zero-order valence-corrected chi connectivity index (χ0v) is 15.7. The van der Waals surface area contributed by atoms with Gasteiger partial charge >= 0.3 is 0 Å². The highest BCUT2D eigenvalue weighted by Crippen LogP contribution is 2.12. The van der Waals surface area contributed by atoms with Crippen molar-refractivity contribution in [2.24, 2.45) is 0 Å². The fourth-order valence-corrected chi connectivity index (χ4v) is 2.69. The minimum absolute atomic E-state index is 0.378. The lowest BCUT2D eigenvalue weighted by Gasteiger charge is -2.24. The van der Waals surface area contributed by atoms with Gasteiger partial charge in [-0.15, -0.1) is 0 Å². The summed E-state index contributed by atoms with van der Waals surface area (Å²) in [6, 6.07) is 0. The average molecular weight is 348 g/mol.